The van der Waals surface area contributed by atoms with Crippen LogP contribution in [0.25, 0.3) is 0 Å². The van der Waals surface area contributed by atoms with Crippen LogP contribution in [0.5, 0.6) is 0 Å². The zero-order valence-electron chi connectivity index (χ0n) is 6.93. The van der Waals surface area contributed by atoms with Gasteiger partial charge in [0.2, 0.25) is 5.95 Å². The van der Waals surface area contributed by atoms with Crippen LogP contribution in [-0.2, 0) is 4.74 Å². The second kappa shape index (κ2) is 3.91. The normalized spacial score (nSPS) is 16.7. The molecule has 0 unspecified atom stereocenters. The molecule has 5 nitrogen and oxygen atoms in total. The molecule has 70 valence electrons. The molecule has 6 heteroatoms. The summed E-state index contributed by atoms with van der Waals surface area (Å²) in [7, 11) is 0. The van der Waals surface area contributed by atoms with Crippen LogP contribution in [0, 0.1) is 0 Å². The fourth-order valence-corrected chi connectivity index (χ4v) is 1.88. The van der Waals surface area contributed by atoms with Gasteiger partial charge in [-0.05, 0) is 6.07 Å². The van der Waals surface area contributed by atoms with Crippen LogP contribution in [0.3, 0.4) is 0 Å². The topological polar surface area (TPSA) is 73.1 Å². The van der Waals surface area contributed by atoms with E-state index < -0.39 is 0 Å². The molecule has 0 aromatic carbocycles. The molecule has 1 aromatic rings. The molecule has 2 rings (SSSR count). The monoisotopic (exact) mass is 198 g/mol. The first-order chi connectivity index (χ1) is 6.38. The van der Waals surface area contributed by atoms with Gasteiger partial charge in [-0.3, -0.25) is 5.43 Å². The number of rotatable bonds is 3. The Morgan fingerprint density at radius 2 is 2.46 bits per heavy atom. The van der Waals surface area contributed by atoms with Crippen LogP contribution < -0.4 is 11.3 Å². The molecule has 1 aromatic heterocycles. The molecule has 1 saturated heterocycles. The van der Waals surface area contributed by atoms with Crippen LogP contribution in [-0.4, -0.2) is 28.4 Å². The third-order valence-corrected chi connectivity index (χ3v) is 2.73. The molecule has 1 aliphatic heterocycles. The van der Waals surface area contributed by atoms with E-state index in [0.717, 1.165) is 18.2 Å². The summed E-state index contributed by atoms with van der Waals surface area (Å²) in [4.78, 5) is 8.09. The number of nitrogens with one attached hydrogen (secondary N) is 1. The summed E-state index contributed by atoms with van der Waals surface area (Å²) in [5.41, 5.74) is 2.41. The molecule has 0 aliphatic carbocycles. The van der Waals surface area contributed by atoms with Crippen molar-refractivity contribution in [3.63, 3.8) is 0 Å². The molecule has 0 spiro atoms. The third kappa shape index (κ3) is 2.09. The fraction of sp³-hybridized carbons (Fsp3) is 0.429. The number of nitrogens with zero attached hydrogens (tertiary/aromatic N) is 2. The van der Waals surface area contributed by atoms with Gasteiger partial charge in [0.05, 0.1) is 18.5 Å². The van der Waals surface area contributed by atoms with E-state index in [1.165, 1.54) is 0 Å². The van der Waals surface area contributed by atoms with Gasteiger partial charge in [0.25, 0.3) is 0 Å². The number of hydrogen-bond donors (Lipinski definition) is 2. The highest BCUT2D eigenvalue weighted by Crippen LogP contribution is 2.26. The lowest BCUT2D eigenvalue weighted by atomic mass is 10.4. The van der Waals surface area contributed by atoms with Crippen molar-refractivity contribution in [2.75, 3.05) is 18.6 Å². The zero-order valence-corrected chi connectivity index (χ0v) is 7.75. The number of hydrazine groups is 1. The Labute approximate surface area is 80.1 Å². The van der Waals surface area contributed by atoms with Crippen molar-refractivity contribution >= 4 is 17.7 Å². The summed E-state index contributed by atoms with van der Waals surface area (Å²) in [6.45, 7) is 1.61. The van der Waals surface area contributed by atoms with E-state index in [-0.39, 0.29) is 0 Å². The molecule has 0 bridgehead atoms. The number of anilines is 1. The minimum Gasteiger partial charge on any atom is -0.379 e. The number of aromatic nitrogens is 2. The maximum absolute atomic E-state index is 5.19. The molecule has 3 N–H and O–H groups in total. The Morgan fingerprint density at radius 3 is 3.08 bits per heavy atom. The van der Waals surface area contributed by atoms with Crippen molar-refractivity contribution in [1.82, 2.24) is 9.97 Å². The van der Waals surface area contributed by atoms with Crippen LogP contribution in [0.4, 0.5) is 5.95 Å². The Morgan fingerprint density at radius 1 is 1.62 bits per heavy atom. The van der Waals surface area contributed by atoms with Gasteiger partial charge in [-0.25, -0.2) is 15.8 Å². The molecule has 0 amide bonds. The smallest absolute Gasteiger partial charge is 0.238 e. The number of nitrogen functional groups attached to an aromatic ring is 1. The molecule has 1 fully saturated rings. The second-order valence-corrected chi connectivity index (χ2v) is 3.96. The van der Waals surface area contributed by atoms with Crippen LogP contribution in [0.2, 0.25) is 0 Å². The van der Waals surface area contributed by atoms with Gasteiger partial charge in [0.15, 0.2) is 0 Å². The van der Waals surface area contributed by atoms with Gasteiger partial charge in [-0.2, -0.15) is 0 Å². The van der Waals surface area contributed by atoms with Crippen LogP contribution in [0.1, 0.15) is 0 Å². The molecule has 13 heavy (non-hydrogen) atoms. The predicted octanol–water partition coefficient (Wildman–Crippen LogP) is 0.253. The lowest BCUT2D eigenvalue weighted by Crippen LogP contribution is -2.30. The summed E-state index contributed by atoms with van der Waals surface area (Å²) in [5, 5.41) is 1.46. The SMILES string of the molecule is NNc1nccc(SC2COC2)n1. The Balaban J connectivity index is 2.01. The van der Waals surface area contributed by atoms with Crippen molar-refractivity contribution in [1.29, 1.82) is 0 Å². The first-order valence-corrected chi connectivity index (χ1v) is 4.80. The maximum atomic E-state index is 5.19. The molecule has 0 atom stereocenters. The zero-order chi connectivity index (χ0) is 9.10. The number of nitrogens with two attached hydrogens (primary N) is 1. The summed E-state index contributed by atoms with van der Waals surface area (Å²) in [6.07, 6.45) is 1.68. The van der Waals surface area contributed by atoms with E-state index in [9.17, 15) is 0 Å². The van der Waals surface area contributed by atoms with Gasteiger partial charge < -0.3 is 4.74 Å². The quantitative estimate of drug-likeness (QED) is 0.412. The highest BCUT2D eigenvalue weighted by atomic mass is 32.2. The van der Waals surface area contributed by atoms with E-state index in [1.807, 2.05) is 6.07 Å². The largest absolute Gasteiger partial charge is 0.379 e. The first kappa shape index (κ1) is 8.74. The Hall–Kier alpha value is -0.850. The molecular formula is C7H10N4OS. The Bertz CT molecular complexity index is 292. The van der Waals surface area contributed by atoms with Gasteiger partial charge in [-0.15, -0.1) is 0 Å². The highest BCUT2D eigenvalue weighted by Gasteiger charge is 2.20. The van der Waals surface area contributed by atoms with E-state index >= 15 is 0 Å². The maximum Gasteiger partial charge on any atom is 0.238 e. The summed E-state index contributed by atoms with van der Waals surface area (Å²) < 4.78 is 5.06. The van der Waals surface area contributed by atoms with Gasteiger partial charge in [-0.1, -0.05) is 11.8 Å². The number of ether oxygens (including phenoxy) is 1. The summed E-state index contributed by atoms with van der Waals surface area (Å²) in [6, 6.07) is 1.86. The average molecular weight is 198 g/mol. The minimum absolute atomic E-state index is 0.449. The van der Waals surface area contributed by atoms with E-state index in [2.05, 4.69) is 15.4 Å². The van der Waals surface area contributed by atoms with Gasteiger partial charge in [0.1, 0.15) is 5.03 Å². The second-order valence-electron chi connectivity index (χ2n) is 2.64. The van der Waals surface area contributed by atoms with Crippen molar-refractivity contribution in [3.05, 3.63) is 12.3 Å². The standard InChI is InChI=1S/C7H10N4OS/c8-11-7-9-2-1-6(10-7)13-5-3-12-4-5/h1-2,5H,3-4,8H2,(H,9,10,11). The van der Waals surface area contributed by atoms with Gasteiger partial charge >= 0.3 is 0 Å². The molecular weight excluding hydrogens is 188 g/mol. The lowest BCUT2D eigenvalue weighted by molar-refractivity contribution is 0.0454. The number of thioether (sulfide) groups is 1. The van der Waals surface area contributed by atoms with Crippen molar-refractivity contribution in [2.45, 2.75) is 10.3 Å². The number of hydrogen-bond acceptors (Lipinski definition) is 6. The van der Waals surface area contributed by atoms with Crippen LogP contribution >= 0.6 is 11.8 Å². The molecule has 0 saturated carbocycles. The molecule has 2 heterocycles. The highest BCUT2D eigenvalue weighted by molar-refractivity contribution is 8.00. The van der Waals surface area contributed by atoms with Gasteiger partial charge in [0, 0.05) is 6.20 Å². The van der Waals surface area contributed by atoms with Crippen molar-refractivity contribution in [2.24, 2.45) is 5.84 Å². The lowest BCUT2D eigenvalue weighted by Gasteiger charge is -2.24. The van der Waals surface area contributed by atoms with E-state index in [1.54, 1.807) is 18.0 Å². The third-order valence-electron chi connectivity index (χ3n) is 1.65. The predicted molar refractivity (Wildman–Crippen MR) is 50.3 cm³/mol. The summed E-state index contributed by atoms with van der Waals surface area (Å²) >= 11 is 1.69. The van der Waals surface area contributed by atoms with E-state index in [4.69, 9.17) is 10.6 Å². The van der Waals surface area contributed by atoms with Crippen LogP contribution in [0.15, 0.2) is 17.3 Å². The van der Waals surface area contributed by atoms with Crippen molar-refractivity contribution < 1.29 is 4.74 Å². The summed E-state index contributed by atoms with van der Waals surface area (Å²) in [5.74, 6) is 5.64. The molecule has 1 aliphatic rings. The minimum atomic E-state index is 0.449. The first-order valence-electron chi connectivity index (χ1n) is 3.92. The average Bonchev–Trinajstić information content (AvgIpc) is 2.12. The van der Waals surface area contributed by atoms with E-state index in [0.29, 0.717) is 11.2 Å². The van der Waals surface area contributed by atoms with Crippen molar-refractivity contribution in [3.8, 4) is 0 Å². The molecule has 0 radical (unpaired) electrons. The Kier molecular flexibility index (Phi) is 2.62. The fourth-order valence-electron chi connectivity index (χ4n) is 0.930.